The Morgan fingerprint density at radius 1 is 1.00 bits per heavy atom. The average Bonchev–Trinajstić information content (AvgIpc) is 2.74. The van der Waals surface area contributed by atoms with Crippen LogP contribution in [-0.2, 0) is 16.0 Å². The van der Waals surface area contributed by atoms with Crippen LogP contribution in [0, 0.1) is 5.41 Å². The molecule has 2 amide bonds. The molecule has 0 unspecified atom stereocenters. The standard InChI is InChI=1S/C19H27ClN2O2/c1-19(2,3)14-18(24)22-10-6-9-21(11-12-22)17(23)13-15-7-4-5-8-16(15)20/h4-5,7-8H,6,9-14H2,1-3H3. The van der Waals surface area contributed by atoms with Crippen LogP contribution in [0.3, 0.4) is 0 Å². The second-order valence-electron chi connectivity index (χ2n) is 7.62. The Morgan fingerprint density at radius 2 is 1.58 bits per heavy atom. The van der Waals surface area contributed by atoms with Gasteiger partial charge in [0.2, 0.25) is 11.8 Å². The summed E-state index contributed by atoms with van der Waals surface area (Å²) in [5.41, 5.74) is 0.845. The Balaban J connectivity index is 1.92. The van der Waals surface area contributed by atoms with Crippen LogP contribution in [0.2, 0.25) is 5.02 Å². The maximum absolute atomic E-state index is 12.5. The van der Waals surface area contributed by atoms with Crippen LogP contribution in [0.25, 0.3) is 0 Å². The molecule has 24 heavy (non-hydrogen) atoms. The molecule has 0 saturated carbocycles. The van der Waals surface area contributed by atoms with Gasteiger partial charge < -0.3 is 9.80 Å². The zero-order chi connectivity index (χ0) is 17.7. The highest BCUT2D eigenvalue weighted by Crippen LogP contribution is 2.21. The molecule has 0 atom stereocenters. The highest BCUT2D eigenvalue weighted by atomic mass is 35.5. The zero-order valence-electron chi connectivity index (χ0n) is 14.8. The van der Waals surface area contributed by atoms with E-state index >= 15 is 0 Å². The van der Waals surface area contributed by atoms with Gasteiger partial charge in [-0.3, -0.25) is 9.59 Å². The van der Waals surface area contributed by atoms with Gasteiger partial charge in [0.05, 0.1) is 6.42 Å². The molecule has 1 aromatic carbocycles. The lowest BCUT2D eigenvalue weighted by Gasteiger charge is -2.25. The number of nitrogens with zero attached hydrogens (tertiary/aromatic N) is 2. The van der Waals surface area contributed by atoms with Gasteiger partial charge in [0.1, 0.15) is 0 Å². The van der Waals surface area contributed by atoms with Crippen molar-refractivity contribution in [2.75, 3.05) is 26.2 Å². The van der Waals surface area contributed by atoms with Crippen LogP contribution in [0.4, 0.5) is 0 Å². The molecule has 0 bridgehead atoms. The van der Waals surface area contributed by atoms with Crippen molar-refractivity contribution in [1.82, 2.24) is 9.80 Å². The van der Waals surface area contributed by atoms with Gasteiger partial charge in [0.25, 0.3) is 0 Å². The molecule has 132 valence electrons. The number of benzene rings is 1. The van der Waals surface area contributed by atoms with Crippen molar-refractivity contribution in [2.24, 2.45) is 5.41 Å². The molecular weight excluding hydrogens is 324 g/mol. The summed E-state index contributed by atoms with van der Waals surface area (Å²) in [6.07, 6.45) is 1.68. The van der Waals surface area contributed by atoms with Crippen LogP contribution < -0.4 is 0 Å². The van der Waals surface area contributed by atoms with Crippen LogP contribution in [0.15, 0.2) is 24.3 Å². The summed E-state index contributed by atoms with van der Waals surface area (Å²) >= 11 is 6.14. The maximum atomic E-state index is 12.5. The van der Waals surface area contributed by atoms with E-state index < -0.39 is 0 Å². The van der Waals surface area contributed by atoms with E-state index in [-0.39, 0.29) is 17.2 Å². The largest absolute Gasteiger partial charge is 0.341 e. The molecule has 1 aromatic rings. The van der Waals surface area contributed by atoms with Crippen LogP contribution in [-0.4, -0.2) is 47.8 Å². The zero-order valence-corrected chi connectivity index (χ0v) is 15.6. The maximum Gasteiger partial charge on any atom is 0.227 e. The Labute approximate surface area is 149 Å². The summed E-state index contributed by atoms with van der Waals surface area (Å²) in [7, 11) is 0. The fourth-order valence-corrected chi connectivity index (χ4v) is 3.10. The first-order valence-electron chi connectivity index (χ1n) is 8.55. The van der Waals surface area contributed by atoms with Crippen molar-refractivity contribution >= 4 is 23.4 Å². The van der Waals surface area contributed by atoms with Gasteiger partial charge in [-0.2, -0.15) is 0 Å². The SMILES string of the molecule is CC(C)(C)CC(=O)N1CCCN(C(=O)Cc2ccccc2Cl)CC1. The number of carbonyl (C=O) groups is 2. The summed E-state index contributed by atoms with van der Waals surface area (Å²) in [5, 5.41) is 0.627. The van der Waals surface area contributed by atoms with Crippen molar-refractivity contribution in [3.8, 4) is 0 Å². The average molecular weight is 351 g/mol. The molecule has 1 fully saturated rings. The normalized spacial score (nSPS) is 16.0. The number of hydrogen-bond acceptors (Lipinski definition) is 2. The minimum Gasteiger partial charge on any atom is -0.341 e. The van der Waals surface area contributed by atoms with Crippen LogP contribution in [0.1, 0.15) is 39.2 Å². The van der Waals surface area contributed by atoms with Crippen molar-refractivity contribution in [2.45, 2.75) is 40.0 Å². The molecule has 0 N–H and O–H groups in total. The molecule has 5 heteroatoms. The summed E-state index contributed by atoms with van der Waals surface area (Å²) in [6, 6.07) is 7.45. The molecule has 1 aliphatic rings. The molecule has 0 aliphatic carbocycles. The quantitative estimate of drug-likeness (QED) is 0.838. The van der Waals surface area contributed by atoms with Gasteiger partial charge in [0.15, 0.2) is 0 Å². The third-order valence-corrected chi connectivity index (χ3v) is 4.55. The molecular formula is C19H27ClN2O2. The number of halogens is 1. The van der Waals surface area contributed by atoms with Crippen LogP contribution in [0.5, 0.6) is 0 Å². The molecule has 0 aromatic heterocycles. The molecule has 2 rings (SSSR count). The third kappa shape index (κ3) is 5.52. The fraction of sp³-hybridized carbons (Fsp3) is 0.579. The van der Waals surface area contributed by atoms with Gasteiger partial charge in [-0.15, -0.1) is 0 Å². The number of rotatable bonds is 3. The Kier molecular flexibility index (Phi) is 6.27. The molecule has 1 aliphatic heterocycles. The Hall–Kier alpha value is -1.55. The van der Waals surface area contributed by atoms with Gasteiger partial charge >= 0.3 is 0 Å². The van der Waals surface area contributed by atoms with Crippen molar-refractivity contribution in [3.63, 3.8) is 0 Å². The lowest BCUT2D eigenvalue weighted by Crippen LogP contribution is -2.38. The van der Waals surface area contributed by atoms with E-state index in [9.17, 15) is 9.59 Å². The van der Waals surface area contributed by atoms with E-state index in [1.165, 1.54) is 0 Å². The summed E-state index contributed by atoms with van der Waals surface area (Å²) in [5.74, 6) is 0.260. The fourth-order valence-electron chi connectivity index (χ4n) is 2.90. The van der Waals surface area contributed by atoms with E-state index in [2.05, 4.69) is 20.8 Å². The predicted molar refractivity (Wildman–Crippen MR) is 97.0 cm³/mol. The molecule has 0 spiro atoms. The summed E-state index contributed by atoms with van der Waals surface area (Å²) in [6.45, 7) is 8.85. The summed E-state index contributed by atoms with van der Waals surface area (Å²) in [4.78, 5) is 28.7. The van der Waals surface area contributed by atoms with Crippen molar-refractivity contribution in [1.29, 1.82) is 0 Å². The topological polar surface area (TPSA) is 40.6 Å². The van der Waals surface area contributed by atoms with Crippen LogP contribution >= 0.6 is 11.6 Å². The number of hydrogen-bond donors (Lipinski definition) is 0. The van der Waals surface area contributed by atoms with Crippen molar-refractivity contribution < 1.29 is 9.59 Å². The van der Waals surface area contributed by atoms with E-state index in [1.807, 2.05) is 28.0 Å². The van der Waals surface area contributed by atoms with Gasteiger partial charge in [0, 0.05) is 37.6 Å². The first-order valence-corrected chi connectivity index (χ1v) is 8.93. The third-order valence-electron chi connectivity index (χ3n) is 4.18. The minimum atomic E-state index is -0.0110. The Morgan fingerprint density at radius 3 is 2.17 bits per heavy atom. The lowest BCUT2D eigenvalue weighted by molar-refractivity contribution is -0.134. The lowest BCUT2D eigenvalue weighted by atomic mass is 9.91. The molecule has 0 radical (unpaired) electrons. The smallest absolute Gasteiger partial charge is 0.227 e. The second kappa shape index (κ2) is 8.02. The minimum absolute atomic E-state index is 0.0110. The highest BCUT2D eigenvalue weighted by Gasteiger charge is 2.25. The first-order chi connectivity index (χ1) is 11.3. The van der Waals surface area contributed by atoms with E-state index in [1.54, 1.807) is 6.07 Å². The van der Waals surface area contributed by atoms with E-state index in [0.29, 0.717) is 37.5 Å². The van der Waals surface area contributed by atoms with Crippen molar-refractivity contribution in [3.05, 3.63) is 34.9 Å². The molecule has 4 nitrogen and oxygen atoms in total. The van der Waals surface area contributed by atoms with Gasteiger partial charge in [-0.25, -0.2) is 0 Å². The second-order valence-corrected chi connectivity index (χ2v) is 8.03. The van der Waals surface area contributed by atoms with E-state index in [0.717, 1.165) is 18.5 Å². The first kappa shape index (κ1) is 18.8. The number of amides is 2. The summed E-state index contributed by atoms with van der Waals surface area (Å²) < 4.78 is 0. The monoisotopic (exact) mass is 350 g/mol. The highest BCUT2D eigenvalue weighted by molar-refractivity contribution is 6.31. The molecule has 1 heterocycles. The molecule has 1 saturated heterocycles. The van der Waals surface area contributed by atoms with Gasteiger partial charge in [-0.1, -0.05) is 50.6 Å². The predicted octanol–water partition coefficient (Wildman–Crippen LogP) is 3.38. The number of carbonyl (C=O) groups excluding carboxylic acids is 2. The Bertz CT molecular complexity index is 595. The van der Waals surface area contributed by atoms with E-state index in [4.69, 9.17) is 11.6 Å². The van der Waals surface area contributed by atoms with Gasteiger partial charge in [-0.05, 0) is 23.5 Å².